The fourth-order valence-corrected chi connectivity index (χ4v) is 2.04. The van der Waals surface area contributed by atoms with Gasteiger partial charge in [0.05, 0.1) is 25.3 Å². The van der Waals surface area contributed by atoms with Gasteiger partial charge in [0, 0.05) is 5.56 Å². The number of nitrogens with zero attached hydrogens (tertiary/aromatic N) is 2. The van der Waals surface area contributed by atoms with Gasteiger partial charge in [-0.2, -0.15) is 5.10 Å². The SMILES string of the molecule is Cc1c(COPI)nn2c1OCC2. The number of aromatic nitrogens is 2. The largest absolute Gasteiger partial charge is 0.476 e. The molecule has 4 nitrogen and oxygen atoms in total. The lowest BCUT2D eigenvalue weighted by Gasteiger charge is -1.98. The molecule has 0 saturated carbocycles. The Kier molecular flexibility index (Phi) is 3.06. The van der Waals surface area contributed by atoms with Crippen LogP contribution in [0.5, 0.6) is 5.88 Å². The molecule has 0 fully saturated rings. The van der Waals surface area contributed by atoms with Crippen LogP contribution in [0.25, 0.3) is 0 Å². The summed E-state index contributed by atoms with van der Waals surface area (Å²) in [5, 5.41) is 4.40. The van der Waals surface area contributed by atoms with E-state index in [9.17, 15) is 0 Å². The number of halogens is 1. The summed E-state index contributed by atoms with van der Waals surface area (Å²) in [5.74, 6) is 0.912. The van der Waals surface area contributed by atoms with E-state index in [1.807, 2.05) is 11.6 Å². The molecule has 1 aromatic rings. The molecule has 13 heavy (non-hydrogen) atoms. The maximum Gasteiger partial charge on any atom is 0.215 e. The van der Waals surface area contributed by atoms with Crippen molar-refractivity contribution < 1.29 is 9.26 Å². The fraction of sp³-hybridized carbons (Fsp3) is 0.571. The topological polar surface area (TPSA) is 36.3 Å². The van der Waals surface area contributed by atoms with Crippen molar-refractivity contribution in [2.45, 2.75) is 20.1 Å². The summed E-state index contributed by atoms with van der Waals surface area (Å²) in [6, 6.07) is 0. The van der Waals surface area contributed by atoms with Gasteiger partial charge in [-0.1, -0.05) is 0 Å². The average molecular weight is 312 g/mol. The van der Waals surface area contributed by atoms with E-state index in [0.29, 0.717) is 13.1 Å². The summed E-state index contributed by atoms with van der Waals surface area (Å²) in [6.07, 6.45) is 0. The molecule has 0 amide bonds. The summed E-state index contributed by atoms with van der Waals surface area (Å²) in [4.78, 5) is 0. The molecule has 6 heteroatoms. The molecule has 0 aromatic carbocycles. The number of rotatable bonds is 3. The first-order valence-electron chi connectivity index (χ1n) is 3.99. The molecule has 2 heterocycles. The summed E-state index contributed by atoms with van der Waals surface area (Å²) < 4.78 is 12.7. The third-order valence-corrected chi connectivity index (χ3v) is 3.22. The second-order valence-electron chi connectivity index (χ2n) is 2.81. The predicted molar refractivity (Wildman–Crippen MR) is 59.6 cm³/mol. The fourth-order valence-electron chi connectivity index (χ4n) is 1.38. The Hall–Kier alpha value is 0.130. The molecule has 0 radical (unpaired) electrons. The van der Waals surface area contributed by atoms with Gasteiger partial charge in [0.1, 0.15) is 6.61 Å². The van der Waals surface area contributed by atoms with Crippen molar-refractivity contribution in [1.29, 1.82) is 0 Å². The first kappa shape index (κ1) is 9.68. The lowest BCUT2D eigenvalue weighted by Crippen LogP contribution is -1.98. The van der Waals surface area contributed by atoms with Crippen LogP contribution in [0.4, 0.5) is 0 Å². The Labute approximate surface area is 91.3 Å². The van der Waals surface area contributed by atoms with Crippen LogP contribution in [0.2, 0.25) is 0 Å². The number of ether oxygens (including phenoxy) is 1. The number of hydrogen-bond donors (Lipinski definition) is 0. The Morgan fingerprint density at radius 1 is 1.77 bits per heavy atom. The Bertz CT molecular complexity index is 316. The Morgan fingerprint density at radius 2 is 2.62 bits per heavy atom. The van der Waals surface area contributed by atoms with Crippen molar-refractivity contribution in [3.05, 3.63) is 11.3 Å². The number of hydrogen-bond acceptors (Lipinski definition) is 3. The monoisotopic (exact) mass is 312 g/mol. The zero-order valence-corrected chi connectivity index (χ0v) is 10.4. The van der Waals surface area contributed by atoms with Crippen LogP contribution >= 0.6 is 28.5 Å². The van der Waals surface area contributed by atoms with Gasteiger partial charge >= 0.3 is 0 Å². The molecule has 0 spiro atoms. The smallest absolute Gasteiger partial charge is 0.215 e. The van der Waals surface area contributed by atoms with Crippen LogP contribution in [-0.4, -0.2) is 16.4 Å². The summed E-state index contributed by atoms with van der Waals surface area (Å²) in [6.45, 7) is 4.72. The Balaban J connectivity index is 2.18. The van der Waals surface area contributed by atoms with Crippen molar-refractivity contribution >= 4 is 28.5 Å². The van der Waals surface area contributed by atoms with Crippen molar-refractivity contribution in [1.82, 2.24) is 9.78 Å². The highest BCUT2D eigenvalue weighted by atomic mass is 127. The normalized spacial score (nSPS) is 15.2. The summed E-state index contributed by atoms with van der Waals surface area (Å²) >= 11 is 2.20. The second kappa shape index (κ2) is 4.11. The van der Waals surface area contributed by atoms with Gasteiger partial charge in [-0.15, -0.1) is 0 Å². The molecule has 0 saturated heterocycles. The predicted octanol–water partition coefficient (Wildman–Crippen LogP) is 2.04. The molecule has 72 valence electrons. The zero-order chi connectivity index (χ0) is 9.26. The maximum atomic E-state index is 5.44. The third-order valence-electron chi connectivity index (χ3n) is 2.03. The highest BCUT2D eigenvalue weighted by Gasteiger charge is 2.19. The minimum atomic E-state index is 0.484. The van der Waals surface area contributed by atoms with E-state index in [0.717, 1.165) is 30.3 Å². The molecule has 1 aliphatic rings. The van der Waals surface area contributed by atoms with E-state index in [2.05, 4.69) is 27.1 Å². The molecule has 1 atom stereocenters. The van der Waals surface area contributed by atoms with Crippen LogP contribution < -0.4 is 4.74 Å². The van der Waals surface area contributed by atoms with Crippen molar-refractivity contribution in [2.24, 2.45) is 0 Å². The van der Waals surface area contributed by atoms with Crippen LogP contribution in [0.3, 0.4) is 0 Å². The highest BCUT2D eigenvalue weighted by Crippen LogP contribution is 2.29. The molecule has 0 N–H and O–H groups in total. The van der Waals surface area contributed by atoms with Crippen LogP contribution in [0.1, 0.15) is 11.3 Å². The average Bonchev–Trinajstić information content (AvgIpc) is 2.67. The van der Waals surface area contributed by atoms with Crippen molar-refractivity contribution in [3.63, 3.8) is 0 Å². The van der Waals surface area contributed by atoms with E-state index in [4.69, 9.17) is 9.26 Å². The minimum absolute atomic E-state index is 0.484. The van der Waals surface area contributed by atoms with E-state index in [-0.39, 0.29) is 0 Å². The second-order valence-corrected chi connectivity index (χ2v) is 4.58. The third kappa shape index (κ3) is 1.82. The Morgan fingerprint density at radius 3 is 3.31 bits per heavy atom. The molecule has 0 bridgehead atoms. The zero-order valence-electron chi connectivity index (χ0n) is 7.21. The lowest BCUT2D eigenvalue weighted by atomic mass is 10.3. The van der Waals surface area contributed by atoms with E-state index >= 15 is 0 Å². The standard InChI is InChI=1S/C7H10IN2O2P/c1-5-6(4-12-13-8)9-10-2-3-11-7(5)10/h13H,2-4H2,1H3. The van der Waals surface area contributed by atoms with Gasteiger partial charge in [-0.3, -0.25) is 0 Å². The highest BCUT2D eigenvalue weighted by molar-refractivity contribution is 14.2. The number of fused-ring (bicyclic) bond motifs is 1. The minimum Gasteiger partial charge on any atom is -0.476 e. The van der Waals surface area contributed by atoms with Crippen molar-refractivity contribution in [2.75, 3.05) is 6.61 Å². The molecular weight excluding hydrogens is 302 g/mol. The van der Waals surface area contributed by atoms with Gasteiger partial charge in [0.2, 0.25) is 5.88 Å². The first-order chi connectivity index (χ1) is 6.33. The molecule has 1 aliphatic heterocycles. The van der Waals surface area contributed by atoms with Gasteiger partial charge in [-0.25, -0.2) is 4.68 Å². The lowest BCUT2D eigenvalue weighted by molar-refractivity contribution is 0.341. The maximum absolute atomic E-state index is 5.44. The first-order valence-corrected chi connectivity index (χ1v) is 8.01. The van der Waals surface area contributed by atoms with Gasteiger partial charge in [0.15, 0.2) is 0 Å². The summed E-state index contributed by atoms with van der Waals surface area (Å²) in [7, 11) is 0. The molecule has 2 rings (SSSR count). The molecule has 1 aromatic heterocycles. The quantitative estimate of drug-likeness (QED) is 0.633. The molecule has 0 aliphatic carbocycles. The molecular formula is C7H10IN2O2P. The summed E-state index contributed by atoms with van der Waals surface area (Å²) in [5.41, 5.74) is 2.12. The van der Waals surface area contributed by atoms with E-state index in [1.54, 1.807) is 0 Å². The molecule has 1 unspecified atom stereocenters. The van der Waals surface area contributed by atoms with Crippen LogP contribution in [0, 0.1) is 6.92 Å². The van der Waals surface area contributed by atoms with Crippen molar-refractivity contribution in [3.8, 4) is 5.88 Å². The van der Waals surface area contributed by atoms with Crippen LogP contribution in [-0.2, 0) is 17.7 Å². The van der Waals surface area contributed by atoms with E-state index < -0.39 is 0 Å². The van der Waals surface area contributed by atoms with Gasteiger partial charge in [0.25, 0.3) is 0 Å². The van der Waals surface area contributed by atoms with Gasteiger partial charge < -0.3 is 9.26 Å². The van der Waals surface area contributed by atoms with Crippen LogP contribution in [0.15, 0.2) is 0 Å². The van der Waals surface area contributed by atoms with E-state index in [1.165, 1.54) is 0 Å². The van der Waals surface area contributed by atoms with Gasteiger partial charge in [-0.05, 0) is 29.0 Å².